The lowest BCUT2D eigenvalue weighted by Crippen LogP contribution is -2.55. The molecule has 3 aliphatic carbocycles. The van der Waals surface area contributed by atoms with Crippen LogP contribution in [0.25, 0.3) is 0 Å². The van der Waals surface area contributed by atoms with Crippen LogP contribution in [0.1, 0.15) is 53.4 Å². The molecule has 3 aliphatic rings. The quantitative estimate of drug-likeness (QED) is 0.771. The molecule has 0 aromatic carbocycles. The number of hydrogen-bond acceptors (Lipinski definition) is 1. The molecule has 94 valence electrons. The second-order valence-electron chi connectivity index (χ2n) is 6.91. The smallest absolute Gasteiger partial charge is 0.0459 e. The first-order valence-electron chi connectivity index (χ1n) is 7.11. The first-order chi connectivity index (χ1) is 7.50. The van der Waals surface area contributed by atoms with Gasteiger partial charge in [0.1, 0.15) is 0 Å². The number of rotatable bonds is 4. The Kier molecular flexibility index (Phi) is 3.36. The van der Waals surface area contributed by atoms with Crippen LogP contribution in [0.3, 0.4) is 0 Å². The van der Waals surface area contributed by atoms with Gasteiger partial charge in [-0.05, 0) is 54.3 Å². The molecule has 0 aromatic heterocycles. The molecule has 16 heavy (non-hydrogen) atoms. The second-order valence-corrected chi connectivity index (χ2v) is 6.91. The lowest BCUT2D eigenvalue weighted by atomic mass is 9.43. The largest absolute Gasteiger partial charge is 0.396 e. The summed E-state index contributed by atoms with van der Waals surface area (Å²) in [4.78, 5) is 0. The lowest BCUT2D eigenvalue weighted by Gasteiger charge is -2.62. The monoisotopic (exact) mass is 224 g/mol. The zero-order valence-electron chi connectivity index (χ0n) is 11.4. The van der Waals surface area contributed by atoms with Gasteiger partial charge in [0.05, 0.1) is 0 Å². The van der Waals surface area contributed by atoms with Gasteiger partial charge in [-0.2, -0.15) is 0 Å². The summed E-state index contributed by atoms with van der Waals surface area (Å²) in [5.41, 5.74) is 0.608. The minimum Gasteiger partial charge on any atom is -0.396 e. The van der Waals surface area contributed by atoms with E-state index in [0.29, 0.717) is 17.9 Å². The van der Waals surface area contributed by atoms with E-state index in [1.165, 1.54) is 19.3 Å². The minimum atomic E-state index is 0.387. The average molecular weight is 224 g/mol. The highest BCUT2D eigenvalue weighted by atomic mass is 16.3. The first kappa shape index (κ1) is 12.4. The van der Waals surface area contributed by atoms with Gasteiger partial charge in [-0.3, -0.25) is 0 Å². The molecule has 0 spiro atoms. The Hall–Kier alpha value is -0.0400. The molecule has 0 aromatic rings. The van der Waals surface area contributed by atoms with E-state index in [0.717, 1.165) is 30.1 Å². The molecule has 1 N–H and O–H groups in total. The Morgan fingerprint density at radius 2 is 2.00 bits per heavy atom. The van der Waals surface area contributed by atoms with Gasteiger partial charge in [-0.15, -0.1) is 0 Å². The molecule has 2 bridgehead atoms. The van der Waals surface area contributed by atoms with Gasteiger partial charge in [0.25, 0.3) is 0 Å². The Morgan fingerprint density at radius 3 is 2.44 bits per heavy atom. The van der Waals surface area contributed by atoms with Crippen LogP contribution in [-0.4, -0.2) is 11.7 Å². The second kappa shape index (κ2) is 4.33. The molecule has 1 nitrogen and oxygen atoms in total. The fourth-order valence-electron chi connectivity index (χ4n) is 4.37. The predicted octanol–water partition coefficient (Wildman–Crippen LogP) is 3.71. The summed E-state index contributed by atoms with van der Waals surface area (Å²) < 4.78 is 0. The highest BCUT2D eigenvalue weighted by Crippen LogP contribution is 2.63. The van der Waals surface area contributed by atoms with Crippen LogP contribution in [0.4, 0.5) is 0 Å². The van der Waals surface area contributed by atoms with Crippen molar-refractivity contribution in [1.29, 1.82) is 0 Å². The van der Waals surface area contributed by atoms with E-state index in [1.54, 1.807) is 0 Å². The van der Waals surface area contributed by atoms with E-state index >= 15 is 0 Å². The molecule has 0 saturated heterocycles. The number of aliphatic hydroxyl groups is 1. The van der Waals surface area contributed by atoms with Crippen molar-refractivity contribution < 1.29 is 5.11 Å². The van der Waals surface area contributed by atoms with Gasteiger partial charge in [0.2, 0.25) is 0 Å². The van der Waals surface area contributed by atoms with Crippen molar-refractivity contribution in [1.82, 2.24) is 0 Å². The number of hydrogen-bond donors (Lipinski definition) is 1. The van der Waals surface area contributed by atoms with Crippen molar-refractivity contribution in [3.05, 3.63) is 0 Å². The maximum atomic E-state index is 9.32. The van der Waals surface area contributed by atoms with Crippen LogP contribution in [0, 0.1) is 35.0 Å². The molecule has 0 radical (unpaired) electrons. The summed E-state index contributed by atoms with van der Waals surface area (Å²) in [6.07, 6.45) is 5.29. The fourth-order valence-corrected chi connectivity index (χ4v) is 4.37. The highest BCUT2D eigenvalue weighted by Gasteiger charge is 2.55. The number of fused-ring (bicyclic) bond motifs is 2. The molecule has 3 fully saturated rings. The third-order valence-electron chi connectivity index (χ3n) is 5.98. The molecule has 0 aliphatic heterocycles. The SMILES string of the molecule is CC[C@@H](CO)C[C@@H]1C[C@@H]2C[C@H]([C@H]1C)C2(C)C. The summed E-state index contributed by atoms with van der Waals surface area (Å²) in [6, 6.07) is 0. The minimum absolute atomic E-state index is 0.387. The van der Waals surface area contributed by atoms with Gasteiger partial charge >= 0.3 is 0 Å². The third-order valence-corrected chi connectivity index (χ3v) is 5.98. The maximum Gasteiger partial charge on any atom is 0.0459 e. The molecule has 0 heterocycles. The lowest BCUT2D eigenvalue weighted by molar-refractivity contribution is -0.133. The summed E-state index contributed by atoms with van der Waals surface area (Å²) in [6.45, 7) is 9.97. The van der Waals surface area contributed by atoms with Crippen LogP contribution in [-0.2, 0) is 0 Å². The predicted molar refractivity (Wildman–Crippen MR) is 68.1 cm³/mol. The maximum absolute atomic E-state index is 9.32. The molecule has 0 amide bonds. The van der Waals surface area contributed by atoms with Crippen LogP contribution in [0.2, 0.25) is 0 Å². The van der Waals surface area contributed by atoms with E-state index < -0.39 is 0 Å². The normalized spacial score (nSPS) is 42.6. The molecule has 3 saturated carbocycles. The van der Waals surface area contributed by atoms with Crippen molar-refractivity contribution in [3.8, 4) is 0 Å². The molecule has 5 atom stereocenters. The zero-order chi connectivity index (χ0) is 11.9. The molecule has 1 heteroatoms. The van der Waals surface area contributed by atoms with Crippen LogP contribution >= 0.6 is 0 Å². The Balaban J connectivity index is 1.95. The zero-order valence-corrected chi connectivity index (χ0v) is 11.4. The van der Waals surface area contributed by atoms with Crippen molar-refractivity contribution in [2.45, 2.75) is 53.4 Å². The van der Waals surface area contributed by atoms with Crippen molar-refractivity contribution in [2.75, 3.05) is 6.61 Å². The molecule has 3 rings (SSSR count). The van der Waals surface area contributed by atoms with Gasteiger partial charge in [0.15, 0.2) is 0 Å². The average Bonchev–Trinajstić information content (AvgIpc) is 2.26. The van der Waals surface area contributed by atoms with E-state index in [4.69, 9.17) is 0 Å². The van der Waals surface area contributed by atoms with Crippen molar-refractivity contribution in [3.63, 3.8) is 0 Å². The van der Waals surface area contributed by atoms with Gasteiger partial charge < -0.3 is 5.11 Å². The van der Waals surface area contributed by atoms with E-state index in [-0.39, 0.29) is 0 Å². The third kappa shape index (κ3) is 1.81. The summed E-state index contributed by atoms with van der Waals surface area (Å²) in [5, 5.41) is 9.32. The Labute approximate surface area is 101 Å². The Morgan fingerprint density at radius 1 is 1.31 bits per heavy atom. The van der Waals surface area contributed by atoms with Crippen LogP contribution in [0.5, 0.6) is 0 Å². The summed E-state index contributed by atoms with van der Waals surface area (Å²) >= 11 is 0. The van der Waals surface area contributed by atoms with Crippen molar-refractivity contribution in [2.24, 2.45) is 35.0 Å². The van der Waals surface area contributed by atoms with Gasteiger partial charge in [-0.1, -0.05) is 34.1 Å². The summed E-state index contributed by atoms with van der Waals surface area (Å²) in [5.74, 6) is 4.23. The first-order valence-corrected chi connectivity index (χ1v) is 7.11. The van der Waals surface area contributed by atoms with E-state index in [2.05, 4.69) is 27.7 Å². The van der Waals surface area contributed by atoms with Gasteiger partial charge in [0, 0.05) is 6.61 Å². The topological polar surface area (TPSA) is 20.2 Å². The molecular weight excluding hydrogens is 196 g/mol. The standard InChI is InChI=1S/C15H28O/c1-5-11(9-16)6-12-7-13-8-14(10(12)2)15(13,3)4/h10-14,16H,5-9H2,1-4H3/t10-,11+,12+,13+,14+/m0/s1. The fraction of sp³-hybridized carbons (Fsp3) is 1.00. The Bertz CT molecular complexity index is 240. The molecule has 0 unspecified atom stereocenters. The highest BCUT2D eigenvalue weighted by molar-refractivity contribution is 5.04. The van der Waals surface area contributed by atoms with Crippen LogP contribution in [0.15, 0.2) is 0 Å². The number of aliphatic hydroxyl groups excluding tert-OH is 1. The van der Waals surface area contributed by atoms with E-state index in [1.807, 2.05) is 0 Å². The van der Waals surface area contributed by atoms with Gasteiger partial charge in [-0.25, -0.2) is 0 Å². The molecular formula is C15H28O. The van der Waals surface area contributed by atoms with Crippen molar-refractivity contribution >= 4 is 0 Å². The summed E-state index contributed by atoms with van der Waals surface area (Å²) in [7, 11) is 0. The van der Waals surface area contributed by atoms with E-state index in [9.17, 15) is 5.11 Å². The van der Waals surface area contributed by atoms with Crippen LogP contribution < -0.4 is 0 Å².